The van der Waals surface area contributed by atoms with Gasteiger partial charge in [-0.2, -0.15) is 0 Å². The molecular formula is C14H11Cl2NO4. The minimum Gasteiger partial charge on any atom is -0.491 e. The predicted octanol–water partition coefficient (Wildman–Crippen LogP) is 4.66. The second-order valence-corrected chi connectivity index (χ2v) is 4.77. The minimum absolute atomic E-state index is 0.00425. The monoisotopic (exact) mass is 327 g/mol. The SMILES string of the molecule is O=[N+]([O-])c1ccc(Oc2ccc(Cl)c(OCCCl)c2)cc1. The normalized spacial score (nSPS) is 10.2. The van der Waals surface area contributed by atoms with Crippen LogP contribution in [0.2, 0.25) is 5.02 Å². The van der Waals surface area contributed by atoms with E-state index in [0.29, 0.717) is 34.8 Å². The molecule has 21 heavy (non-hydrogen) atoms. The Morgan fingerprint density at radius 2 is 1.76 bits per heavy atom. The molecular weight excluding hydrogens is 317 g/mol. The lowest BCUT2D eigenvalue weighted by molar-refractivity contribution is -0.384. The molecule has 0 heterocycles. The van der Waals surface area contributed by atoms with Gasteiger partial charge in [0.25, 0.3) is 5.69 Å². The van der Waals surface area contributed by atoms with E-state index in [-0.39, 0.29) is 5.69 Å². The summed E-state index contributed by atoms with van der Waals surface area (Å²) in [6, 6.07) is 10.7. The van der Waals surface area contributed by atoms with Crippen LogP contribution in [0.15, 0.2) is 42.5 Å². The molecule has 0 saturated carbocycles. The largest absolute Gasteiger partial charge is 0.491 e. The zero-order valence-corrected chi connectivity index (χ0v) is 12.3. The molecule has 2 aromatic carbocycles. The van der Waals surface area contributed by atoms with Crippen LogP contribution in [0.1, 0.15) is 0 Å². The summed E-state index contributed by atoms with van der Waals surface area (Å²) in [6.45, 7) is 0.336. The van der Waals surface area contributed by atoms with Gasteiger partial charge in [0.15, 0.2) is 0 Å². The fourth-order valence-corrected chi connectivity index (χ4v) is 1.83. The highest BCUT2D eigenvalue weighted by Crippen LogP contribution is 2.32. The maximum absolute atomic E-state index is 10.6. The third-order valence-corrected chi connectivity index (χ3v) is 2.99. The molecule has 2 aromatic rings. The molecule has 0 atom stereocenters. The van der Waals surface area contributed by atoms with Crippen LogP contribution in [0.4, 0.5) is 5.69 Å². The zero-order valence-electron chi connectivity index (χ0n) is 10.8. The Balaban J connectivity index is 2.13. The number of nitro groups is 1. The first-order chi connectivity index (χ1) is 10.1. The van der Waals surface area contributed by atoms with Crippen LogP contribution in [0.3, 0.4) is 0 Å². The molecule has 0 saturated heterocycles. The Morgan fingerprint density at radius 1 is 1.10 bits per heavy atom. The maximum Gasteiger partial charge on any atom is 0.269 e. The van der Waals surface area contributed by atoms with Crippen molar-refractivity contribution >= 4 is 28.9 Å². The molecule has 0 aromatic heterocycles. The van der Waals surface area contributed by atoms with E-state index in [1.807, 2.05) is 0 Å². The maximum atomic E-state index is 10.6. The second-order valence-electron chi connectivity index (χ2n) is 3.98. The molecule has 0 aliphatic carbocycles. The van der Waals surface area contributed by atoms with Gasteiger partial charge in [-0.3, -0.25) is 10.1 Å². The van der Waals surface area contributed by atoms with Crippen LogP contribution in [0.5, 0.6) is 17.2 Å². The minimum atomic E-state index is -0.468. The Labute approximate surface area is 131 Å². The van der Waals surface area contributed by atoms with Crippen LogP contribution in [-0.4, -0.2) is 17.4 Å². The lowest BCUT2D eigenvalue weighted by Gasteiger charge is -2.10. The molecule has 0 N–H and O–H groups in total. The average Bonchev–Trinajstić information content (AvgIpc) is 2.48. The van der Waals surface area contributed by atoms with Crippen molar-refractivity contribution in [2.24, 2.45) is 0 Å². The molecule has 0 spiro atoms. The first-order valence-corrected chi connectivity index (χ1v) is 6.92. The molecule has 7 heteroatoms. The van der Waals surface area contributed by atoms with Gasteiger partial charge < -0.3 is 9.47 Å². The van der Waals surface area contributed by atoms with E-state index in [9.17, 15) is 10.1 Å². The Hall–Kier alpha value is -1.98. The van der Waals surface area contributed by atoms with E-state index in [4.69, 9.17) is 32.7 Å². The number of hydrogen-bond acceptors (Lipinski definition) is 4. The molecule has 0 radical (unpaired) electrons. The van der Waals surface area contributed by atoms with E-state index in [2.05, 4.69) is 0 Å². The zero-order chi connectivity index (χ0) is 15.2. The first kappa shape index (κ1) is 15.4. The van der Waals surface area contributed by atoms with Crippen molar-refractivity contribution in [3.05, 3.63) is 57.6 Å². The van der Waals surface area contributed by atoms with Crippen LogP contribution in [0.25, 0.3) is 0 Å². The summed E-state index contributed by atoms with van der Waals surface area (Å²) in [5.74, 6) is 1.81. The van der Waals surface area contributed by atoms with Crippen molar-refractivity contribution in [3.63, 3.8) is 0 Å². The fourth-order valence-electron chi connectivity index (χ4n) is 1.58. The molecule has 5 nitrogen and oxygen atoms in total. The van der Waals surface area contributed by atoms with Crippen molar-refractivity contribution in [1.29, 1.82) is 0 Å². The number of ether oxygens (including phenoxy) is 2. The van der Waals surface area contributed by atoms with Gasteiger partial charge in [0.1, 0.15) is 23.9 Å². The molecule has 0 unspecified atom stereocenters. The van der Waals surface area contributed by atoms with E-state index in [1.54, 1.807) is 18.2 Å². The number of nitro benzene ring substituents is 1. The van der Waals surface area contributed by atoms with E-state index in [0.717, 1.165) is 0 Å². The highest BCUT2D eigenvalue weighted by Gasteiger charge is 2.07. The number of non-ortho nitro benzene ring substituents is 1. The van der Waals surface area contributed by atoms with Gasteiger partial charge in [-0.25, -0.2) is 0 Å². The van der Waals surface area contributed by atoms with Crippen molar-refractivity contribution in [3.8, 4) is 17.2 Å². The molecule has 2 rings (SSSR count). The molecule has 110 valence electrons. The van der Waals surface area contributed by atoms with Gasteiger partial charge in [0.05, 0.1) is 15.8 Å². The third-order valence-electron chi connectivity index (χ3n) is 2.52. The third kappa shape index (κ3) is 4.24. The number of nitrogens with zero attached hydrogens (tertiary/aromatic N) is 1. The molecule has 0 aliphatic heterocycles. The second kappa shape index (κ2) is 7.15. The Morgan fingerprint density at radius 3 is 2.38 bits per heavy atom. The Bertz CT molecular complexity index is 631. The van der Waals surface area contributed by atoms with Gasteiger partial charge in [-0.05, 0) is 24.3 Å². The standard InChI is InChI=1S/C14H11Cl2NO4/c15-7-8-20-14-9-12(5-6-13(14)16)21-11-3-1-10(2-4-11)17(18)19/h1-6,9H,7-8H2. The summed E-state index contributed by atoms with van der Waals surface area (Å²) in [4.78, 5) is 10.1. The number of alkyl halides is 1. The molecule has 0 fully saturated rings. The lowest BCUT2D eigenvalue weighted by atomic mass is 10.3. The quantitative estimate of drug-likeness (QED) is 0.440. The van der Waals surface area contributed by atoms with Crippen molar-refractivity contribution in [2.75, 3.05) is 12.5 Å². The smallest absolute Gasteiger partial charge is 0.269 e. The van der Waals surface area contributed by atoms with Gasteiger partial charge >= 0.3 is 0 Å². The summed E-state index contributed by atoms with van der Waals surface area (Å²) in [7, 11) is 0. The number of benzene rings is 2. The molecule has 0 bridgehead atoms. The predicted molar refractivity (Wildman–Crippen MR) is 80.8 cm³/mol. The summed E-state index contributed by atoms with van der Waals surface area (Å²) in [5.41, 5.74) is 0.00425. The number of hydrogen-bond donors (Lipinski definition) is 0. The van der Waals surface area contributed by atoms with Crippen molar-refractivity contribution in [1.82, 2.24) is 0 Å². The van der Waals surface area contributed by atoms with Crippen molar-refractivity contribution < 1.29 is 14.4 Å². The van der Waals surface area contributed by atoms with Gasteiger partial charge in [-0.1, -0.05) is 11.6 Å². The highest BCUT2D eigenvalue weighted by molar-refractivity contribution is 6.32. The molecule has 0 amide bonds. The number of rotatable bonds is 6. The Kier molecular flexibility index (Phi) is 5.25. The summed E-state index contributed by atoms with van der Waals surface area (Å²) in [5, 5.41) is 11.0. The van der Waals surface area contributed by atoms with E-state index >= 15 is 0 Å². The lowest BCUT2D eigenvalue weighted by Crippen LogP contribution is -1.98. The van der Waals surface area contributed by atoms with E-state index in [1.165, 1.54) is 24.3 Å². The van der Waals surface area contributed by atoms with Gasteiger partial charge in [-0.15, -0.1) is 11.6 Å². The van der Waals surface area contributed by atoms with E-state index < -0.39 is 4.92 Å². The van der Waals surface area contributed by atoms with Gasteiger partial charge in [0, 0.05) is 18.2 Å². The summed E-state index contributed by atoms with van der Waals surface area (Å²) in [6.07, 6.45) is 0. The highest BCUT2D eigenvalue weighted by atomic mass is 35.5. The molecule has 0 aliphatic rings. The fraction of sp³-hybridized carbons (Fsp3) is 0.143. The van der Waals surface area contributed by atoms with Crippen LogP contribution < -0.4 is 9.47 Å². The van der Waals surface area contributed by atoms with Crippen LogP contribution >= 0.6 is 23.2 Å². The number of halogens is 2. The van der Waals surface area contributed by atoms with Crippen molar-refractivity contribution in [2.45, 2.75) is 0 Å². The van der Waals surface area contributed by atoms with Gasteiger partial charge in [0.2, 0.25) is 0 Å². The van der Waals surface area contributed by atoms with Crippen LogP contribution in [-0.2, 0) is 0 Å². The summed E-state index contributed by atoms with van der Waals surface area (Å²) < 4.78 is 11.0. The first-order valence-electron chi connectivity index (χ1n) is 6.01. The van der Waals surface area contributed by atoms with Crippen LogP contribution in [0, 0.1) is 10.1 Å². The topological polar surface area (TPSA) is 61.6 Å². The summed E-state index contributed by atoms with van der Waals surface area (Å²) >= 11 is 11.6. The average molecular weight is 328 g/mol.